The quantitative estimate of drug-likeness (QED) is 0.727. The minimum atomic E-state index is -0.228. The highest BCUT2D eigenvalue weighted by Gasteiger charge is 2.25. The van der Waals surface area contributed by atoms with Crippen LogP contribution in [0.4, 0.5) is 5.69 Å². The predicted molar refractivity (Wildman–Crippen MR) is 96.9 cm³/mol. The van der Waals surface area contributed by atoms with E-state index in [2.05, 4.69) is 15.5 Å². The molecule has 0 unspecified atom stereocenters. The minimum absolute atomic E-state index is 0.0533. The van der Waals surface area contributed by atoms with E-state index in [0.717, 1.165) is 18.4 Å². The first-order valence-corrected chi connectivity index (χ1v) is 8.70. The van der Waals surface area contributed by atoms with Gasteiger partial charge in [-0.15, -0.1) is 0 Å². The predicted octanol–water partition coefficient (Wildman–Crippen LogP) is 4.02. The zero-order chi connectivity index (χ0) is 17.8. The lowest BCUT2D eigenvalue weighted by Crippen LogP contribution is -2.20. The summed E-state index contributed by atoms with van der Waals surface area (Å²) >= 11 is 0. The van der Waals surface area contributed by atoms with E-state index in [1.54, 1.807) is 0 Å². The van der Waals surface area contributed by atoms with Crippen molar-refractivity contribution in [2.75, 3.05) is 11.9 Å². The Morgan fingerprint density at radius 1 is 1.15 bits per heavy atom. The van der Waals surface area contributed by atoms with Gasteiger partial charge in [-0.05, 0) is 37.1 Å². The molecule has 4 rings (SSSR count). The molecule has 0 spiro atoms. The highest BCUT2D eigenvalue weighted by Crippen LogP contribution is 2.36. The van der Waals surface area contributed by atoms with Crippen LogP contribution >= 0.6 is 0 Å². The van der Waals surface area contributed by atoms with Crippen LogP contribution in [0.15, 0.2) is 59.1 Å². The molecule has 0 aliphatic heterocycles. The molecule has 1 aromatic heterocycles. The Bertz CT molecular complexity index is 888. The molecular weight excluding hydrogens is 330 g/mol. The summed E-state index contributed by atoms with van der Waals surface area (Å²) in [5.41, 5.74) is 1.47. The molecule has 1 amide bonds. The number of rotatable bonds is 6. The van der Waals surface area contributed by atoms with Crippen LogP contribution in [0.25, 0.3) is 11.4 Å². The Morgan fingerprint density at radius 2 is 2.00 bits per heavy atom. The summed E-state index contributed by atoms with van der Waals surface area (Å²) in [5.74, 6) is 2.08. The Morgan fingerprint density at radius 3 is 2.77 bits per heavy atom. The van der Waals surface area contributed by atoms with Gasteiger partial charge in [-0.1, -0.05) is 41.9 Å². The van der Waals surface area contributed by atoms with Crippen molar-refractivity contribution in [2.24, 2.45) is 0 Å². The molecule has 1 aliphatic carbocycles. The van der Waals surface area contributed by atoms with Crippen molar-refractivity contribution in [3.8, 4) is 17.1 Å². The number of ether oxygens (including phenoxy) is 1. The average molecular weight is 349 g/mol. The normalized spacial score (nSPS) is 13.8. The first kappa shape index (κ1) is 16.3. The lowest BCUT2D eigenvalue weighted by Gasteiger charge is -2.20. The number of anilines is 1. The van der Waals surface area contributed by atoms with Gasteiger partial charge in [0.25, 0.3) is 5.91 Å². The molecular formula is C20H19N3O3. The third kappa shape index (κ3) is 3.74. The van der Waals surface area contributed by atoms with Gasteiger partial charge < -0.3 is 14.6 Å². The van der Waals surface area contributed by atoms with Crippen molar-refractivity contribution in [1.29, 1.82) is 0 Å². The molecule has 0 atom stereocenters. The maximum Gasteiger partial charge on any atom is 0.262 e. The van der Waals surface area contributed by atoms with Crippen molar-refractivity contribution in [2.45, 2.75) is 25.2 Å². The Kier molecular flexibility index (Phi) is 4.64. The first-order chi connectivity index (χ1) is 12.8. The summed E-state index contributed by atoms with van der Waals surface area (Å²) in [6.45, 7) is -0.0533. The molecule has 132 valence electrons. The van der Waals surface area contributed by atoms with Gasteiger partial charge in [-0.3, -0.25) is 4.79 Å². The van der Waals surface area contributed by atoms with Gasteiger partial charge in [0.1, 0.15) is 5.75 Å². The smallest absolute Gasteiger partial charge is 0.262 e. The standard InChI is InChI=1S/C20H19N3O3/c24-18(13-25-17-10-2-1-3-11-17)21-16-9-5-8-15(12-16)19-22-20(26-23-19)14-6-4-7-14/h1-3,5,8-12,14H,4,6-7,13H2,(H,21,24). The van der Waals surface area contributed by atoms with Gasteiger partial charge in [-0.25, -0.2) is 0 Å². The highest BCUT2D eigenvalue weighted by molar-refractivity contribution is 5.92. The third-order valence-corrected chi connectivity index (χ3v) is 4.41. The van der Waals surface area contributed by atoms with Crippen LogP contribution in [0.2, 0.25) is 0 Å². The van der Waals surface area contributed by atoms with E-state index < -0.39 is 0 Å². The van der Waals surface area contributed by atoms with Crippen molar-refractivity contribution in [3.05, 3.63) is 60.5 Å². The number of para-hydroxylation sites is 1. The molecule has 1 N–H and O–H groups in total. The molecule has 0 radical (unpaired) electrons. The first-order valence-electron chi connectivity index (χ1n) is 8.70. The van der Waals surface area contributed by atoms with Crippen LogP contribution in [0.1, 0.15) is 31.1 Å². The second-order valence-electron chi connectivity index (χ2n) is 6.31. The molecule has 0 bridgehead atoms. The van der Waals surface area contributed by atoms with E-state index >= 15 is 0 Å². The van der Waals surface area contributed by atoms with Gasteiger partial charge in [0.2, 0.25) is 11.7 Å². The topological polar surface area (TPSA) is 77.2 Å². The zero-order valence-electron chi connectivity index (χ0n) is 14.2. The maximum atomic E-state index is 12.1. The van der Waals surface area contributed by atoms with Crippen molar-refractivity contribution >= 4 is 11.6 Å². The van der Waals surface area contributed by atoms with E-state index in [1.165, 1.54) is 6.42 Å². The lowest BCUT2D eigenvalue weighted by molar-refractivity contribution is -0.118. The number of carbonyl (C=O) groups is 1. The average Bonchev–Trinajstić information content (AvgIpc) is 3.09. The number of carbonyl (C=O) groups excluding carboxylic acids is 1. The molecule has 6 heteroatoms. The molecule has 3 aromatic rings. The molecule has 26 heavy (non-hydrogen) atoms. The van der Waals surface area contributed by atoms with Gasteiger partial charge in [-0.2, -0.15) is 4.98 Å². The van der Waals surface area contributed by atoms with Crippen molar-refractivity contribution < 1.29 is 14.1 Å². The van der Waals surface area contributed by atoms with Gasteiger partial charge in [0, 0.05) is 17.2 Å². The third-order valence-electron chi connectivity index (χ3n) is 4.41. The number of nitrogens with one attached hydrogen (secondary N) is 1. The van der Waals surface area contributed by atoms with Gasteiger partial charge in [0.05, 0.1) is 0 Å². The summed E-state index contributed by atoms with van der Waals surface area (Å²) in [7, 11) is 0. The van der Waals surface area contributed by atoms with Crippen LogP contribution < -0.4 is 10.1 Å². The molecule has 0 saturated heterocycles. The maximum absolute atomic E-state index is 12.1. The van der Waals surface area contributed by atoms with E-state index in [1.807, 2.05) is 54.6 Å². The van der Waals surface area contributed by atoms with Crippen LogP contribution in [-0.4, -0.2) is 22.7 Å². The number of hydrogen-bond acceptors (Lipinski definition) is 5. The summed E-state index contributed by atoms with van der Waals surface area (Å²) in [5, 5.41) is 6.89. The molecule has 1 aliphatic rings. The zero-order valence-corrected chi connectivity index (χ0v) is 14.2. The van der Waals surface area contributed by atoms with E-state index in [9.17, 15) is 4.79 Å². The van der Waals surface area contributed by atoms with Gasteiger partial charge >= 0.3 is 0 Å². The Balaban J connectivity index is 1.39. The second kappa shape index (κ2) is 7.39. The Hall–Kier alpha value is -3.15. The SMILES string of the molecule is O=C(COc1ccccc1)Nc1cccc(-c2noc(C3CCC3)n2)c1. The molecule has 1 fully saturated rings. The number of benzene rings is 2. The van der Waals surface area contributed by atoms with Crippen LogP contribution in [0.5, 0.6) is 5.75 Å². The number of amides is 1. The largest absolute Gasteiger partial charge is 0.484 e. The highest BCUT2D eigenvalue weighted by atomic mass is 16.5. The molecule has 6 nitrogen and oxygen atoms in total. The summed E-state index contributed by atoms with van der Waals surface area (Å²) in [4.78, 5) is 16.6. The van der Waals surface area contributed by atoms with Crippen LogP contribution in [0.3, 0.4) is 0 Å². The monoisotopic (exact) mass is 349 g/mol. The Labute approximate surface area is 151 Å². The van der Waals surface area contributed by atoms with E-state index in [4.69, 9.17) is 9.26 Å². The summed E-state index contributed by atoms with van der Waals surface area (Å²) in [6, 6.07) is 16.6. The van der Waals surface area contributed by atoms with Crippen LogP contribution in [-0.2, 0) is 4.79 Å². The van der Waals surface area contributed by atoms with E-state index in [-0.39, 0.29) is 12.5 Å². The lowest BCUT2D eigenvalue weighted by atomic mass is 9.85. The minimum Gasteiger partial charge on any atom is -0.484 e. The fourth-order valence-electron chi connectivity index (χ4n) is 2.77. The molecule has 1 heterocycles. The van der Waals surface area contributed by atoms with Crippen molar-refractivity contribution in [3.63, 3.8) is 0 Å². The number of aromatic nitrogens is 2. The fourth-order valence-corrected chi connectivity index (χ4v) is 2.77. The number of hydrogen-bond donors (Lipinski definition) is 1. The molecule has 1 saturated carbocycles. The molecule has 2 aromatic carbocycles. The number of nitrogens with zero attached hydrogens (tertiary/aromatic N) is 2. The fraction of sp³-hybridized carbons (Fsp3) is 0.250. The summed E-state index contributed by atoms with van der Waals surface area (Å²) < 4.78 is 10.8. The van der Waals surface area contributed by atoms with Crippen molar-refractivity contribution in [1.82, 2.24) is 10.1 Å². The second-order valence-corrected chi connectivity index (χ2v) is 6.31. The summed E-state index contributed by atoms with van der Waals surface area (Å²) in [6.07, 6.45) is 3.44. The van der Waals surface area contributed by atoms with E-state index in [0.29, 0.717) is 29.1 Å². The van der Waals surface area contributed by atoms with Gasteiger partial charge in [0.15, 0.2) is 6.61 Å². The van der Waals surface area contributed by atoms with Crippen LogP contribution in [0, 0.1) is 0 Å².